The minimum absolute atomic E-state index is 0.548. The molecule has 88 valence electrons. The number of hydrogen-bond donors (Lipinski definition) is 1. The van der Waals surface area contributed by atoms with Crippen LogP contribution in [0.4, 0.5) is 0 Å². The average Bonchev–Trinajstić information content (AvgIpc) is 2.34. The van der Waals surface area contributed by atoms with Gasteiger partial charge >= 0.3 is 0 Å². The Bertz CT molecular complexity index is 519. The maximum atomic E-state index is 5.75. The fraction of sp³-hybridized carbons (Fsp3) is 0.214. The second kappa shape index (κ2) is 5.64. The Hall–Kier alpha value is -1.61. The van der Waals surface area contributed by atoms with E-state index in [-0.39, 0.29) is 0 Å². The molecule has 0 amide bonds. The zero-order valence-electron chi connectivity index (χ0n) is 9.56. The predicted molar refractivity (Wildman–Crippen MR) is 75.5 cm³/mol. The van der Waals surface area contributed by atoms with Gasteiger partial charge < -0.3 is 10.5 Å². The number of ether oxygens (including phenoxy) is 1. The molecule has 0 fully saturated rings. The molecule has 2 N–H and O–H groups in total. The van der Waals surface area contributed by atoms with Gasteiger partial charge in [-0.15, -0.1) is 0 Å². The predicted octanol–water partition coefficient (Wildman–Crippen LogP) is 3.28. The maximum absolute atomic E-state index is 5.75. The lowest BCUT2D eigenvalue weighted by Crippen LogP contribution is -2.09. The monoisotopic (exact) mass is 245 g/mol. The van der Waals surface area contributed by atoms with Crippen LogP contribution in [0.15, 0.2) is 42.5 Å². The van der Waals surface area contributed by atoms with Gasteiger partial charge in [0.2, 0.25) is 0 Å². The number of nitrogens with two attached hydrogens (primary N) is 1. The Morgan fingerprint density at radius 3 is 2.71 bits per heavy atom. The van der Waals surface area contributed by atoms with Crippen LogP contribution in [0.3, 0.4) is 0 Å². The van der Waals surface area contributed by atoms with Gasteiger partial charge in [0.25, 0.3) is 0 Å². The first kappa shape index (κ1) is 11.9. The topological polar surface area (TPSA) is 35.2 Å². The van der Waals surface area contributed by atoms with Crippen LogP contribution in [0.2, 0.25) is 0 Å². The average molecular weight is 245 g/mol. The third-order valence-electron chi connectivity index (χ3n) is 2.57. The van der Waals surface area contributed by atoms with E-state index in [1.165, 1.54) is 5.39 Å². The normalized spacial score (nSPS) is 10.4. The molecule has 3 heteroatoms. The van der Waals surface area contributed by atoms with Crippen molar-refractivity contribution in [3.63, 3.8) is 0 Å². The molecule has 0 aliphatic carbocycles. The van der Waals surface area contributed by atoms with Crippen molar-refractivity contribution < 1.29 is 4.74 Å². The highest BCUT2D eigenvalue weighted by molar-refractivity contribution is 7.80. The Labute approximate surface area is 106 Å². The first-order valence-electron chi connectivity index (χ1n) is 5.66. The molecule has 0 aliphatic rings. The summed E-state index contributed by atoms with van der Waals surface area (Å²) >= 11 is 4.82. The third kappa shape index (κ3) is 3.17. The van der Waals surface area contributed by atoms with Crippen LogP contribution in [0, 0.1) is 0 Å². The van der Waals surface area contributed by atoms with Crippen molar-refractivity contribution in [2.24, 2.45) is 5.73 Å². The minimum atomic E-state index is 0.548. The molecule has 0 spiro atoms. The van der Waals surface area contributed by atoms with Crippen LogP contribution in [0.1, 0.15) is 12.8 Å². The summed E-state index contributed by atoms with van der Waals surface area (Å²) in [5.41, 5.74) is 5.44. The Morgan fingerprint density at radius 2 is 1.88 bits per heavy atom. The molecular formula is C14H15NOS. The summed E-state index contributed by atoms with van der Waals surface area (Å²) in [6.45, 7) is 0.644. The van der Waals surface area contributed by atoms with Crippen LogP contribution in [0.25, 0.3) is 10.8 Å². The summed E-state index contributed by atoms with van der Waals surface area (Å²) in [5, 5.41) is 2.34. The molecule has 0 heterocycles. The fourth-order valence-corrected chi connectivity index (χ4v) is 1.89. The van der Waals surface area contributed by atoms with E-state index in [9.17, 15) is 0 Å². The molecule has 2 rings (SSSR count). The third-order valence-corrected chi connectivity index (χ3v) is 2.78. The van der Waals surface area contributed by atoms with Crippen LogP contribution in [0.5, 0.6) is 5.75 Å². The molecule has 0 saturated carbocycles. The van der Waals surface area contributed by atoms with E-state index in [2.05, 4.69) is 18.2 Å². The first-order valence-corrected chi connectivity index (χ1v) is 6.07. The molecule has 0 saturated heterocycles. The van der Waals surface area contributed by atoms with Gasteiger partial charge in [0.05, 0.1) is 11.6 Å². The zero-order chi connectivity index (χ0) is 12.1. The van der Waals surface area contributed by atoms with Gasteiger partial charge in [0, 0.05) is 11.8 Å². The number of rotatable bonds is 5. The van der Waals surface area contributed by atoms with Gasteiger partial charge in [-0.25, -0.2) is 0 Å². The van der Waals surface area contributed by atoms with Crippen molar-refractivity contribution in [1.82, 2.24) is 0 Å². The summed E-state index contributed by atoms with van der Waals surface area (Å²) in [6, 6.07) is 14.3. The quantitative estimate of drug-likeness (QED) is 0.648. The van der Waals surface area contributed by atoms with Crippen molar-refractivity contribution >= 4 is 28.0 Å². The molecule has 17 heavy (non-hydrogen) atoms. The van der Waals surface area contributed by atoms with Gasteiger partial charge in [-0.05, 0) is 17.9 Å². The van der Waals surface area contributed by atoms with Gasteiger partial charge in [0.15, 0.2) is 0 Å². The smallest absolute Gasteiger partial charge is 0.127 e. The van der Waals surface area contributed by atoms with Crippen molar-refractivity contribution in [3.8, 4) is 5.75 Å². The van der Waals surface area contributed by atoms with Gasteiger partial charge in [-0.2, -0.15) is 0 Å². The lowest BCUT2D eigenvalue weighted by atomic mass is 10.1. The SMILES string of the molecule is NC(=S)CCCOc1cccc2ccccc12. The lowest BCUT2D eigenvalue weighted by Gasteiger charge is -2.08. The fourth-order valence-electron chi connectivity index (χ4n) is 1.75. The molecule has 0 bridgehead atoms. The van der Waals surface area contributed by atoms with Crippen LogP contribution >= 0.6 is 12.2 Å². The van der Waals surface area contributed by atoms with Crippen molar-refractivity contribution in [1.29, 1.82) is 0 Å². The van der Waals surface area contributed by atoms with Crippen LogP contribution in [-0.4, -0.2) is 11.6 Å². The van der Waals surface area contributed by atoms with E-state index in [1.807, 2.05) is 24.3 Å². The van der Waals surface area contributed by atoms with E-state index in [0.717, 1.165) is 24.0 Å². The highest BCUT2D eigenvalue weighted by Crippen LogP contribution is 2.25. The second-order valence-corrected chi connectivity index (χ2v) is 4.42. The Balaban J connectivity index is 2.05. The molecule has 2 aromatic rings. The summed E-state index contributed by atoms with van der Waals surface area (Å²) in [7, 11) is 0. The maximum Gasteiger partial charge on any atom is 0.127 e. The van der Waals surface area contributed by atoms with Gasteiger partial charge in [-0.1, -0.05) is 48.6 Å². The minimum Gasteiger partial charge on any atom is -0.493 e. The number of fused-ring (bicyclic) bond motifs is 1. The molecular weight excluding hydrogens is 230 g/mol. The first-order chi connectivity index (χ1) is 8.27. The molecule has 2 aromatic carbocycles. The molecule has 0 radical (unpaired) electrons. The molecule has 0 unspecified atom stereocenters. The summed E-state index contributed by atoms with van der Waals surface area (Å²) in [5.74, 6) is 0.922. The van der Waals surface area contributed by atoms with Crippen molar-refractivity contribution in [3.05, 3.63) is 42.5 Å². The standard InChI is InChI=1S/C14H15NOS/c15-14(17)9-4-10-16-13-8-3-6-11-5-1-2-7-12(11)13/h1-3,5-8H,4,9-10H2,(H2,15,17). The lowest BCUT2D eigenvalue weighted by molar-refractivity contribution is 0.317. The van der Waals surface area contributed by atoms with Crippen LogP contribution < -0.4 is 10.5 Å². The number of benzene rings is 2. The number of thiocarbonyl (C=S) groups is 1. The van der Waals surface area contributed by atoms with E-state index >= 15 is 0 Å². The Morgan fingerprint density at radius 1 is 1.12 bits per heavy atom. The van der Waals surface area contributed by atoms with E-state index < -0.39 is 0 Å². The number of hydrogen-bond acceptors (Lipinski definition) is 2. The van der Waals surface area contributed by atoms with E-state index in [1.54, 1.807) is 0 Å². The second-order valence-electron chi connectivity index (χ2n) is 3.90. The molecule has 0 aliphatic heterocycles. The zero-order valence-corrected chi connectivity index (χ0v) is 10.4. The molecule has 2 nitrogen and oxygen atoms in total. The highest BCUT2D eigenvalue weighted by Gasteiger charge is 2.00. The highest BCUT2D eigenvalue weighted by atomic mass is 32.1. The van der Waals surface area contributed by atoms with Crippen molar-refractivity contribution in [2.75, 3.05) is 6.61 Å². The summed E-state index contributed by atoms with van der Waals surface area (Å²) < 4.78 is 5.75. The summed E-state index contributed by atoms with van der Waals surface area (Å²) in [6.07, 6.45) is 1.60. The van der Waals surface area contributed by atoms with E-state index in [0.29, 0.717) is 11.6 Å². The van der Waals surface area contributed by atoms with Crippen molar-refractivity contribution in [2.45, 2.75) is 12.8 Å². The Kier molecular flexibility index (Phi) is 3.94. The molecule has 0 aromatic heterocycles. The largest absolute Gasteiger partial charge is 0.493 e. The van der Waals surface area contributed by atoms with Gasteiger partial charge in [0.1, 0.15) is 5.75 Å². The van der Waals surface area contributed by atoms with Gasteiger partial charge in [-0.3, -0.25) is 0 Å². The molecule has 0 atom stereocenters. The van der Waals surface area contributed by atoms with E-state index in [4.69, 9.17) is 22.7 Å². The summed E-state index contributed by atoms with van der Waals surface area (Å²) in [4.78, 5) is 0.548. The van der Waals surface area contributed by atoms with Crippen LogP contribution in [-0.2, 0) is 0 Å².